The van der Waals surface area contributed by atoms with Crippen LogP contribution in [0.25, 0.3) is 11.2 Å². The summed E-state index contributed by atoms with van der Waals surface area (Å²) in [6.45, 7) is 0.641. The van der Waals surface area contributed by atoms with Crippen LogP contribution in [0.3, 0.4) is 0 Å². The maximum absolute atomic E-state index is 12.6. The number of nitrogens with one attached hydrogen (secondary N) is 2. The molecule has 0 saturated heterocycles. The molecule has 3 heterocycles. The van der Waals surface area contributed by atoms with E-state index in [2.05, 4.69) is 37.7 Å². The number of nitrogens with zero attached hydrogens (tertiary/aromatic N) is 6. The SMILES string of the molecule is CN(c1cnc2cnn(CC(=O)Nc3ccc4c(c3)C=NCN4)c2n1)C1CCCC1. The standard InChI is InChI=1S/C21H24N8O/c1-28(16-4-2-3-5-16)19-11-23-18-10-25-29(21(18)27-19)12-20(30)26-15-6-7-17-14(8-15)9-22-13-24-17/h6-11,16,24H,2-5,12-13H2,1H3,(H,26,30). The van der Waals surface area contributed by atoms with E-state index in [4.69, 9.17) is 4.98 Å². The Morgan fingerprint density at radius 3 is 3.03 bits per heavy atom. The summed E-state index contributed by atoms with van der Waals surface area (Å²) in [4.78, 5) is 28.3. The fraction of sp³-hybridized carbons (Fsp3) is 0.381. The zero-order valence-corrected chi connectivity index (χ0v) is 16.9. The van der Waals surface area contributed by atoms with Crippen molar-refractivity contribution in [1.82, 2.24) is 19.7 Å². The summed E-state index contributed by atoms with van der Waals surface area (Å²) in [5.74, 6) is 0.648. The first kappa shape index (κ1) is 18.5. The van der Waals surface area contributed by atoms with E-state index in [1.54, 1.807) is 23.3 Å². The Balaban J connectivity index is 1.33. The van der Waals surface area contributed by atoms with E-state index >= 15 is 0 Å². The molecule has 154 valence electrons. The maximum atomic E-state index is 12.6. The van der Waals surface area contributed by atoms with Gasteiger partial charge in [0, 0.05) is 36.2 Å². The highest BCUT2D eigenvalue weighted by molar-refractivity contribution is 5.95. The Morgan fingerprint density at radius 2 is 2.17 bits per heavy atom. The lowest BCUT2D eigenvalue weighted by molar-refractivity contribution is -0.116. The lowest BCUT2D eigenvalue weighted by Crippen LogP contribution is -2.29. The van der Waals surface area contributed by atoms with Gasteiger partial charge in [-0.15, -0.1) is 0 Å². The molecule has 1 aliphatic heterocycles. The number of anilines is 3. The number of amides is 1. The molecule has 1 saturated carbocycles. The molecule has 2 aliphatic rings. The number of carbonyl (C=O) groups is 1. The number of benzene rings is 1. The van der Waals surface area contributed by atoms with Crippen molar-refractivity contribution in [2.45, 2.75) is 38.3 Å². The van der Waals surface area contributed by atoms with Crippen LogP contribution in [-0.4, -0.2) is 51.6 Å². The van der Waals surface area contributed by atoms with Gasteiger partial charge in [0.05, 0.1) is 12.4 Å². The molecule has 0 radical (unpaired) electrons. The van der Waals surface area contributed by atoms with E-state index in [9.17, 15) is 4.79 Å². The van der Waals surface area contributed by atoms with Gasteiger partial charge in [-0.2, -0.15) is 5.10 Å². The van der Waals surface area contributed by atoms with Crippen LogP contribution in [0.15, 0.2) is 35.6 Å². The van der Waals surface area contributed by atoms with Crippen LogP contribution in [0.5, 0.6) is 0 Å². The molecule has 3 aromatic rings. The summed E-state index contributed by atoms with van der Waals surface area (Å²) in [5, 5.41) is 10.4. The fourth-order valence-electron chi connectivity index (χ4n) is 4.12. The number of hydrogen-bond donors (Lipinski definition) is 2. The average Bonchev–Trinajstić information content (AvgIpc) is 3.43. The molecule has 2 N–H and O–H groups in total. The summed E-state index contributed by atoms with van der Waals surface area (Å²) < 4.78 is 1.60. The van der Waals surface area contributed by atoms with Gasteiger partial charge in [0.2, 0.25) is 5.91 Å². The minimum atomic E-state index is -0.169. The first-order chi connectivity index (χ1) is 14.7. The van der Waals surface area contributed by atoms with Gasteiger partial charge < -0.3 is 15.5 Å². The second-order valence-electron chi connectivity index (χ2n) is 7.79. The van der Waals surface area contributed by atoms with Crippen molar-refractivity contribution < 1.29 is 4.79 Å². The van der Waals surface area contributed by atoms with Crippen molar-refractivity contribution in [3.8, 4) is 0 Å². The van der Waals surface area contributed by atoms with Crippen LogP contribution in [0.4, 0.5) is 17.2 Å². The number of aliphatic imine (C=N–C) groups is 1. The normalized spacial score (nSPS) is 15.8. The molecule has 9 nitrogen and oxygen atoms in total. The number of carbonyl (C=O) groups excluding carboxylic acids is 1. The summed E-state index contributed by atoms with van der Waals surface area (Å²) >= 11 is 0. The molecular weight excluding hydrogens is 380 g/mol. The van der Waals surface area contributed by atoms with Gasteiger partial charge in [-0.3, -0.25) is 9.79 Å². The highest BCUT2D eigenvalue weighted by atomic mass is 16.2. The number of hydrogen-bond acceptors (Lipinski definition) is 7. The minimum Gasteiger partial charge on any atom is -0.366 e. The number of fused-ring (bicyclic) bond motifs is 2. The maximum Gasteiger partial charge on any atom is 0.246 e. The highest BCUT2D eigenvalue weighted by Crippen LogP contribution is 2.26. The fourth-order valence-corrected chi connectivity index (χ4v) is 4.12. The molecule has 1 fully saturated rings. The average molecular weight is 404 g/mol. The molecule has 30 heavy (non-hydrogen) atoms. The van der Waals surface area contributed by atoms with Gasteiger partial charge in [-0.1, -0.05) is 12.8 Å². The first-order valence-corrected chi connectivity index (χ1v) is 10.3. The van der Waals surface area contributed by atoms with Crippen molar-refractivity contribution >= 4 is 40.5 Å². The van der Waals surface area contributed by atoms with Gasteiger partial charge in [0.15, 0.2) is 5.65 Å². The van der Waals surface area contributed by atoms with E-state index in [1.165, 1.54) is 25.7 Å². The van der Waals surface area contributed by atoms with Crippen molar-refractivity contribution in [1.29, 1.82) is 0 Å². The molecule has 1 aromatic carbocycles. The van der Waals surface area contributed by atoms with E-state index in [1.807, 2.05) is 18.2 Å². The first-order valence-electron chi connectivity index (χ1n) is 10.3. The predicted molar refractivity (Wildman–Crippen MR) is 117 cm³/mol. The van der Waals surface area contributed by atoms with Crippen LogP contribution in [0.1, 0.15) is 31.2 Å². The summed E-state index contributed by atoms with van der Waals surface area (Å²) in [6, 6.07) is 6.21. The Morgan fingerprint density at radius 1 is 1.30 bits per heavy atom. The van der Waals surface area contributed by atoms with Crippen molar-refractivity contribution in [3.63, 3.8) is 0 Å². The Hall–Kier alpha value is -3.49. The lowest BCUT2D eigenvalue weighted by Gasteiger charge is -2.24. The van der Waals surface area contributed by atoms with E-state index < -0.39 is 0 Å². The van der Waals surface area contributed by atoms with Gasteiger partial charge >= 0.3 is 0 Å². The van der Waals surface area contributed by atoms with Crippen LogP contribution in [-0.2, 0) is 11.3 Å². The van der Waals surface area contributed by atoms with Gasteiger partial charge in [0.1, 0.15) is 24.5 Å². The summed E-state index contributed by atoms with van der Waals surface area (Å²) in [7, 11) is 2.06. The molecule has 1 aliphatic carbocycles. The van der Waals surface area contributed by atoms with Gasteiger partial charge in [0.25, 0.3) is 0 Å². The van der Waals surface area contributed by atoms with Crippen molar-refractivity contribution in [3.05, 3.63) is 36.2 Å². The molecule has 2 aromatic heterocycles. The Labute approximate surface area is 174 Å². The Bertz CT molecular complexity index is 1120. The van der Waals surface area contributed by atoms with Gasteiger partial charge in [-0.05, 0) is 31.0 Å². The predicted octanol–water partition coefficient (Wildman–Crippen LogP) is 2.65. The quantitative estimate of drug-likeness (QED) is 0.678. The zero-order valence-electron chi connectivity index (χ0n) is 16.9. The van der Waals surface area contributed by atoms with E-state index in [0.717, 1.165) is 22.8 Å². The third-order valence-corrected chi connectivity index (χ3v) is 5.79. The zero-order chi connectivity index (χ0) is 20.5. The van der Waals surface area contributed by atoms with Crippen molar-refractivity contribution in [2.24, 2.45) is 4.99 Å². The van der Waals surface area contributed by atoms with Crippen LogP contribution in [0, 0.1) is 0 Å². The van der Waals surface area contributed by atoms with Crippen LogP contribution >= 0.6 is 0 Å². The van der Waals surface area contributed by atoms with Crippen molar-refractivity contribution in [2.75, 3.05) is 29.2 Å². The van der Waals surface area contributed by atoms with Crippen LogP contribution in [0.2, 0.25) is 0 Å². The van der Waals surface area contributed by atoms with Gasteiger partial charge in [-0.25, -0.2) is 14.6 Å². The summed E-state index contributed by atoms with van der Waals surface area (Å²) in [5.41, 5.74) is 3.99. The molecular formula is C21H24N8O. The second-order valence-corrected chi connectivity index (χ2v) is 7.79. The monoisotopic (exact) mass is 404 g/mol. The van der Waals surface area contributed by atoms with E-state index in [0.29, 0.717) is 23.9 Å². The molecule has 0 atom stereocenters. The minimum absolute atomic E-state index is 0.0677. The summed E-state index contributed by atoms with van der Waals surface area (Å²) in [6.07, 6.45) is 10.1. The molecule has 9 heteroatoms. The molecule has 1 amide bonds. The number of aromatic nitrogens is 4. The second kappa shape index (κ2) is 7.74. The molecule has 0 spiro atoms. The smallest absolute Gasteiger partial charge is 0.246 e. The molecule has 5 rings (SSSR count). The van der Waals surface area contributed by atoms with Crippen LogP contribution < -0.4 is 15.5 Å². The third kappa shape index (κ3) is 3.58. The van der Waals surface area contributed by atoms with E-state index in [-0.39, 0.29) is 12.5 Å². The third-order valence-electron chi connectivity index (χ3n) is 5.79. The molecule has 0 bridgehead atoms. The number of rotatable bonds is 5. The highest BCUT2D eigenvalue weighted by Gasteiger charge is 2.22. The Kier molecular flexibility index (Phi) is 4.78. The molecule has 0 unspecified atom stereocenters. The topological polar surface area (TPSA) is 100 Å². The lowest BCUT2D eigenvalue weighted by atomic mass is 10.1. The largest absolute Gasteiger partial charge is 0.366 e.